The van der Waals surface area contributed by atoms with E-state index in [4.69, 9.17) is 10.5 Å². The molecule has 2 rings (SSSR count). The number of amides is 1. The van der Waals surface area contributed by atoms with Crippen LogP contribution in [0.15, 0.2) is 12.1 Å². The lowest BCUT2D eigenvalue weighted by Crippen LogP contribution is -2.30. The molecule has 0 atom stereocenters. The molecule has 6 heteroatoms. The molecule has 1 aromatic rings. The number of carbonyl (C=O) groups is 1. The van der Waals surface area contributed by atoms with Crippen molar-refractivity contribution in [2.24, 2.45) is 0 Å². The Balaban J connectivity index is 2.19. The Bertz CT molecular complexity index is 549. The first-order valence-corrected chi connectivity index (χ1v) is 7.60. The van der Waals surface area contributed by atoms with Gasteiger partial charge in [-0.05, 0) is 46.1 Å². The second-order valence-electron chi connectivity index (χ2n) is 6.57. The third-order valence-electron chi connectivity index (χ3n) is 3.45. The maximum Gasteiger partial charge on any atom is 0.412 e. The van der Waals surface area contributed by atoms with E-state index in [0.29, 0.717) is 5.69 Å². The van der Waals surface area contributed by atoms with Gasteiger partial charge in [0.1, 0.15) is 11.4 Å². The minimum atomic E-state index is -0.680. The molecular weight excluding hydrogens is 285 g/mol. The number of hydrogen-bond donors (Lipinski definition) is 2. The van der Waals surface area contributed by atoms with Gasteiger partial charge in [0.2, 0.25) is 0 Å². The lowest BCUT2D eigenvalue weighted by molar-refractivity contribution is 0.0635. The Morgan fingerprint density at radius 2 is 1.91 bits per heavy atom. The molecular formula is C16H24FN3O2. The van der Waals surface area contributed by atoms with Crippen molar-refractivity contribution in [1.29, 1.82) is 0 Å². The van der Waals surface area contributed by atoms with E-state index in [1.165, 1.54) is 12.5 Å². The maximum atomic E-state index is 14.0. The summed E-state index contributed by atoms with van der Waals surface area (Å²) in [6.45, 7) is 7.05. The number of nitrogens with two attached hydrogens (primary N) is 1. The van der Waals surface area contributed by atoms with Crippen LogP contribution in [0, 0.1) is 5.82 Å². The van der Waals surface area contributed by atoms with Crippen LogP contribution in [-0.4, -0.2) is 24.8 Å². The minimum Gasteiger partial charge on any atom is -0.444 e. The summed E-state index contributed by atoms with van der Waals surface area (Å²) in [5.41, 5.74) is 6.52. The average Bonchev–Trinajstić information content (AvgIpc) is 2.41. The first kappa shape index (κ1) is 16.4. The van der Waals surface area contributed by atoms with Gasteiger partial charge in [-0.3, -0.25) is 5.32 Å². The van der Waals surface area contributed by atoms with Gasteiger partial charge in [0.05, 0.1) is 17.1 Å². The predicted octanol–water partition coefficient (Wildman–Crippen LogP) is 3.75. The molecule has 0 aliphatic carbocycles. The summed E-state index contributed by atoms with van der Waals surface area (Å²) in [6.07, 6.45) is 2.69. The molecule has 1 saturated heterocycles. The van der Waals surface area contributed by atoms with Crippen LogP contribution in [0.1, 0.15) is 40.0 Å². The number of nitrogens with one attached hydrogen (secondary N) is 1. The first-order valence-electron chi connectivity index (χ1n) is 7.60. The lowest BCUT2D eigenvalue weighted by Gasteiger charge is -2.30. The summed E-state index contributed by atoms with van der Waals surface area (Å²) < 4.78 is 19.2. The van der Waals surface area contributed by atoms with Crippen LogP contribution >= 0.6 is 0 Å². The Hall–Kier alpha value is -1.98. The molecule has 0 bridgehead atoms. The fourth-order valence-electron chi connectivity index (χ4n) is 2.50. The van der Waals surface area contributed by atoms with E-state index in [1.54, 1.807) is 26.8 Å². The van der Waals surface area contributed by atoms with Crippen LogP contribution in [0.2, 0.25) is 0 Å². The summed E-state index contributed by atoms with van der Waals surface area (Å²) in [5, 5.41) is 2.46. The molecule has 1 amide bonds. The number of nitrogens with zero attached hydrogens (tertiary/aromatic N) is 1. The van der Waals surface area contributed by atoms with Gasteiger partial charge in [-0.2, -0.15) is 0 Å². The summed E-state index contributed by atoms with van der Waals surface area (Å²) >= 11 is 0. The minimum absolute atomic E-state index is 0.0871. The topological polar surface area (TPSA) is 67.6 Å². The highest BCUT2D eigenvalue weighted by Crippen LogP contribution is 2.31. The lowest BCUT2D eigenvalue weighted by atomic mass is 10.1. The van der Waals surface area contributed by atoms with Gasteiger partial charge in [-0.25, -0.2) is 9.18 Å². The largest absolute Gasteiger partial charge is 0.444 e. The molecule has 3 N–H and O–H groups in total. The van der Waals surface area contributed by atoms with E-state index >= 15 is 0 Å². The number of benzene rings is 1. The van der Waals surface area contributed by atoms with Gasteiger partial charge in [0.25, 0.3) is 0 Å². The van der Waals surface area contributed by atoms with Crippen molar-refractivity contribution < 1.29 is 13.9 Å². The summed E-state index contributed by atoms with van der Waals surface area (Å²) in [4.78, 5) is 13.9. The predicted molar refractivity (Wildman–Crippen MR) is 86.7 cm³/mol. The van der Waals surface area contributed by atoms with Gasteiger partial charge in [0.15, 0.2) is 0 Å². The van der Waals surface area contributed by atoms with Crippen molar-refractivity contribution in [2.45, 2.75) is 45.6 Å². The van der Waals surface area contributed by atoms with Gasteiger partial charge >= 0.3 is 6.09 Å². The van der Waals surface area contributed by atoms with Crippen molar-refractivity contribution in [1.82, 2.24) is 0 Å². The molecule has 0 unspecified atom stereocenters. The molecule has 0 spiro atoms. The number of halogens is 1. The van der Waals surface area contributed by atoms with Crippen molar-refractivity contribution in [3.05, 3.63) is 17.9 Å². The molecule has 122 valence electrons. The van der Waals surface area contributed by atoms with Crippen LogP contribution < -0.4 is 16.0 Å². The number of rotatable bonds is 2. The number of hydrogen-bond acceptors (Lipinski definition) is 4. The molecule has 0 saturated carbocycles. The quantitative estimate of drug-likeness (QED) is 0.817. The van der Waals surface area contributed by atoms with E-state index in [0.717, 1.165) is 31.6 Å². The van der Waals surface area contributed by atoms with Crippen LogP contribution in [0.25, 0.3) is 0 Å². The Kier molecular flexibility index (Phi) is 4.78. The highest BCUT2D eigenvalue weighted by atomic mass is 19.1. The van der Waals surface area contributed by atoms with Crippen molar-refractivity contribution >= 4 is 23.2 Å². The third kappa shape index (κ3) is 4.26. The second-order valence-corrected chi connectivity index (χ2v) is 6.57. The number of ether oxygens (including phenoxy) is 1. The normalized spacial score (nSPS) is 15.5. The standard InChI is InChI=1S/C16H24FN3O2/c1-16(2,3)22-15(21)19-13-10-14(12(18)9-11(13)17)20-7-5-4-6-8-20/h9-10H,4-8,18H2,1-3H3,(H,19,21). The van der Waals surface area contributed by atoms with Crippen molar-refractivity contribution in [3.8, 4) is 0 Å². The third-order valence-corrected chi connectivity index (χ3v) is 3.45. The van der Waals surface area contributed by atoms with Gasteiger partial charge in [0, 0.05) is 19.2 Å². The fourth-order valence-corrected chi connectivity index (χ4v) is 2.50. The summed E-state index contributed by atoms with van der Waals surface area (Å²) in [7, 11) is 0. The molecule has 1 fully saturated rings. The Labute approximate surface area is 130 Å². The van der Waals surface area contributed by atoms with E-state index in [1.807, 2.05) is 0 Å². The van der Waals surface area contributed by atoms with E-state index in [2.05, 4.69) is 10.2 Å². The highest BCUT2D eigenvalue weighted by Gasteiger charge is 2.20. The van der Waals surface area contributed by atoms with Crippen LogP contribution in [0.5, 0.6) is 0 Å². The number of piperidine rings is 1. The summed E-state index contributed by atoms with van der Waals surface area (Å²) in [6, 6.07) is 2.83. The molecule has 0 aromatic heterocycles. The number of carbonyl (C=O) groups excluding carboxylic acids is 1. The zero-order chi connectivity index (χ0) is 16.3. The summed E-state index contributed by atoms with van der Waals surface area (Å²) in [5.74, 6) is -0.566. The number of anilines is 3. The number of nitrogen functional groups attached to an aromatic ring is 1. The highest BCUT2D eigenvalue weighted by molar-refractivity contribution is 5.87. The smallest absolute Gasteiger partial charge is 0.412 e. The SMILES string of the molecule is CC(C)(C)OC(=O)Nc1cc(N2CCCCC2)c(N)cc1F. The van der Waals surface area contributed by atoms with Gasteiger partial charge in [-0.15, -0.1) is 0 Å². The average molecular weight is 309 g/mol. The van der Waals surface area contributed by atoms with Crippen molar-refractivity contribution in [2.75, 3.05) is 29.0 Å². The zero-order valence-corrected chi connectivity index (χ0v) is 13.4. The van der Waals surface area contributed by atoms with E-state index in [9.17, 15) is 9.18 Å². The molecule has 0 radical (unpaired) electrons. The van der Waals surface area contributed by atoms with Crippen LogP contribution in [0.4, 0.5) is 26.2 Å². The maximum absolute atomic E-state index is 14.0. The van der Waals surface area contributed by atoms with Crippen LogP contribution in [-0.2, 0) is 4.74 Å². The zero-order valence-electron chi connectivity index (χ0n) is 13.4. The molecule has 1 aliphatic heterocycles. The van der Waals surface area contributed by atoms with Gasteiger partial charge < -0.3 is 15.4 Å². The van der Waals surface area contributed by atoms with Crippen molar-refractivity contribution in [3.63, 3.8) is 0 Å². The molecule has 1 aromatic carbocycles. The Morgan fingerprint density at radius 1 is 1.27 bits per heavy atom. The molecule has 1 heterocycles. The van der Waals surface area contributed by atoms with E-state index in [-0.39, 0.29) is 5.69 Å². The van der Waals surface area contributed by atoms with Crippen LogP contribution in [0.3, 0.4) is 0 Å². The van der Waals surface area contributed by atoms with E-state index < -0.39 is 17.5 Å². The molecule has 22 heavy (non-hydrogen) atoms. The Morgan fingerprint density at radius 3 is 2.50 bits per heavy atom. The second kappa shape index (κ2) is 6.42. The first-order chi connectivity index (χ1) is 10.3. The molecule has 1 aliphatic rings. The fraction of sp³-hybridized carbons (Fsp3) is 0.562. The molecule has 5 nitrogen and oxygen atoms in total. The monoisotopic (exact) mass is 309 g/mol. The van der Waals surface area contributed by atoms with Gasteiger partial charge in [-0.1, -0.05) is 0 Å².